The monoisotopic (exact) mass is 268 g/mol. The molecule has 0 aliphatic heterocycles. The second-order valence-electron chi connectivity index (χ2n) is 3.82. The standard InChI is InChI=1S/C14H11ClF2O/c15-12-7-4-8-13(9-12)18-10-14(16,17)11-5-2-1-3-6-11/h1-9H,10H2. The van der Waals surface area contributed by atoms with E-state index in [1.165, 1.54) is 18.2 Å². The fourth-order valence-corrected chi connectivity index (χ4v) is 1.68. The molecular formula is C14H11ClF2O. The zero-order chi connectivity index (χ0) is 13.0. The molecule has 94 valence electrons. The van der Waals surface area contributed by atoms with Crippen molar-refractivity contribution in [2.24, 2.45) is 0 Å². The quantitative estimate of drug-likeness (QED) is 0.793. The highest BCUT2D eigenvalue weighted by Crippen LogP contribution is 2.29. The minimum absolute atomic E-state index is 0.0629. The van der Waals surface area contributed by atoms with Crippen molar-refractivity contribution in [3.05, 3.63) is 65.2 Å². The van der Waals surface area contributed by atoms with Crippen molar-refractivity contribution in [2.75, 3.05) is 6.61 Å². The third kappa shape index (κ3) is 3.20. The van der Waals surface area contributed by atoms with Gasteiger partial charge < -0.3 is 4.74 Å². The van der Waals surface area contributed by atoms with Gasteiger partial charge in [-0.1, -0.05) is 48.0 Å². The molecule has 1 nitrogen and oxygen atoms in total. The molecule has 0 saturated carbocycles. The summed E-state index contributed by atoms with van der Waals surface area (Å²) in [6.07, 6.45) is 0. The van der Waals surface area contributed by atoms with Gasteiger partial charge in [0.1, 0.15) is 5.75 Å². The summed E-state index contributed by atoms with van der Waals surface area (Å²) in [7, 11) is 0. The van der Waals surface area contributed by atoms with Crippen LogP contribution in [-0.4, -0.2) is 6.61 Å². The maximum Gasteiger partial charge on any atom is 0.306 e. The average molecular weight is 269 g/mol. The molecule has 0 aliphatic rings. The predicted molar refractivity (Wildman–Crippen MR) is 67.3 cm³/mol. The molecule has 0 atom stereocenters. The van der Waals surface area contributed by atoms with E-state index >= 15 is 0 Å². The Hall–Kier alpha value is -1.61. The number of alkyl halides is 2. The molecular weight excluding hydrogens is 258 g/mol. The molecule has 0 saturated heterocycles. The van der Waals surface area contributed by atoms with Crippen LogP contribution >= 0.6 is 11.6 Å². The van der Waals surface area contributed by atoms with Crippen molar-refractivity contribution in [1.29, 1.82) is 0 Å². The summed E-state index contributed by atoms with van der Waals surface area (Å²) >= 11 is 5.74. The molecule has 0 radical (unpaired) electrons. The van der Waals surface area contributed by atoms with Crippen LogP contribution in [0.4, 0.5) is 8.78 Å². The topological polar surface area (TPSA) is 9.23 Å². The lowest BCUT2D eigenvalue weighted by molar-refractivity contribution is -0.0467. The molecule has 2 rings (SSSR count). The van der Waals surface area contributed by atoms with E-state index in [2.05, 4.69) is 0 Å². The first-order chi connectivity index (χ1) is 8.58. The van der Waals surface area contributed by atoms with Crippen molar-refractivity contribution in [2.45, 2.75) is 5.92 Å². The lowest BCUT2D eigenvalue weighted by Gasteiger charge is -2.17. The van der Waals surface area contributed by atoms with Crippen LogP contribution in [0.25, 0.3) is 0 Å². The van der Waals surface area contributed by atoms with Gasteiger partial charge in [0.05, 0.1) is 0 Å². The first-order valence-electron chi connectivity index (χ1n) is 5.40. The predicted octanol–water partition coefficient (Wildman–Crippen LogP) is 4.51. The van der Waals surface area contributed by atoms with E-state index in [9.17, 15) is 8.78 Å². The van der Waals surface area contributed by atoms with Crippen molar-refractivity contribution in [3.8, 4) is 5.75 Å². The minimum Gasteiger partial charge on any atom is -0.487 e. The summed E-state index contributed by atoms with van der Waals surface area (Å²) in [6.45, 7) is -0.711. The van der Waals surface area contributed by atoms with Crippen LogP contribution in [-0.2, 0) is 5.92 Å². The molecule has 0 amide bonds. The van der Waals surface area contributed by atoms with Gasteiger partial charge in [-0.25, -0.2) is 0 Å². The zero-order valence-corrected chi connectivity index (χ0v) is 10.2. The van der Waals surface area contributed by atoms with E-state index in [0.29, 0.717) is 10.8 Å². The van der Waals surface area contributed by atoms with Crippen LogP contribution in [0.2, 0.25) is 5.02 Å². The summed E-state index contributed by atoms with van der Waals surface area (Å²) in [6, 6.07) is 14.0. The number of hydrogen-bond acceptors (Lipinski definition) is 1. The molecule has 0 aliphatic carbocycles. The van der Waals surface area contributed by atoms with Gasteiger partial charge >= 0.3 is 5.92 Å². The van der Waals surface area contributed by atoms with E-state index in [1.54, 1.807) is 36.4 Å². The smallest absolute Gasteiger partial charge is 0.306 e. The van der Waals surface area contributed by atoms with Crippen molar-refractivity contribution in [1.82, 2.24) is 0 Å². The van der Waals surface area contributed by atoms with E-state index in [0.717, 1.165) is 0 Å². The van der Waals surface area contributed by atoms with Gasteiger partial charge in [-0.2, -0.15) is 8.78 Å². The highest BCUT2D eigenvalue weighted by atomic mass is 35.5. The molecule has 0 N–H and O–H groups in total. The molecule has 2 aromatic rings. The van der Waals surface area contributed by atoms with Crippen LogP contribution in [0.5, 0.6) is 5.75 Å². The molecule has 0 unspecified atom stereocenters. The fourth-order valence-electron chi connectivity index (χ4n) is 1.50. The van der Waals surface area contributed by atoms with Crippen molar-refractivity contribution >= 4 is 11.6 Å². The number of halogens is 3. The SMILES string of the molecule is FC(F)(COc1cccc(Cl)c1)c1ccccc1. The first-order valence-corrected chi connectivity index (χ1v) is 5.77. The van der Waals surface area contributed by atoms with Gasteiger partial charge in [0.15, 0.2) is 6.61 Å². The van der Waals surface area contributed by atoms with Gasteiger partial charge in [-0.3, -0.25) is 0 Å². The largest absolute Gasteiger partial charge is 0.487 e. The zero-order valence-electron chi connectivity index (χ0n) is 9.45. The number of benzene rings is 2. The molecule has 0 heterocycles. The van der Waals surface area contributed by atoms with Gasteiger partial charge in [0, 0.05) is 10.6 Å². The Morgan fingerprint density at radius 2 is 1.72 bits per heavy atom. The van der Waals surface area contributed by atoms with E-state index in [1.807, 2.05) is 0 Å². The van der Waals surface area contributed by atoms with Crippen LogP contribution in [0.3, 0.4) is 0 Å². The lowest BCUT2D eigenvalue weighted by Crippen LogP contribution is -2.23. The van der Waals surface area contributed by atoms with Gasteiger partial charge in [0.25, 0.3) is 0 Å². The summed E-state index contributed by atoms with van der Waals surface area (Å²) < 4.78 is 32.6. The summed E-state index contributed by atoms with van der Waals surface area (Å²) in [5, 5.41) is 0.454. The maximum atomic E-state index is 13.8. The minimum atomic E-state index is -3.02. The summed E-state index contributed by atoms with van der Waals surface area (Å²) in [4.78, 5) is 0. The number of hydrogen-bond donors (Lipinski definition) is 0. The third-order valence-corrected chi connectivity index (χ3v) is 2.65. The highest BCUT2D eigenvalue weighted by molar-refractivity contribution is 6.30. The van der Waals surface area contributed by atoms with E-state index in [-0.39, 0.29) is 5.56 Å². The van der Waals surface area contributed by atoms with Crippen molar-refractivity contribution in [3.63, 3.8) is 0 Å². The van der Waals surface area contributed by atoms with Crippen LogP contribution in [0.1, 0.15) is 5.56 Å². The Kier molecular flexibility index (Phi) is 3.82. The molecule has 2 aromatic carbocycles. The lowest BCUT2D eigenvalue weighted by atomic mass is 10.1. The Bertz CT molecular complexity index is 514. The Balaban J connectivity index is 2.05. The van der Waals surface area contributed by atoms with Crippen LogP contribution < -0.4 is 4.74 Å². The Morgan fingerprint density at radius 3 is 2.39 bits per heavy atom. The maximum absolute atomic E-state index is 13.8. The third-order valence-electron chi connectivity index (χ3n) is 2.41. The average Bonchev–Trinajstić information content (AvgIpc) is 2.38. The Morgan fingerprint density at radius 1 is 1.00 bits per heavy atom. The number of ether oxygens (including phenoxy) is 1. The number of rotatable bonds is 4. The second-order valence-corrected chi connectivity index (χ2v) is 4.25. The molecule has 18 heavy (non-hydrogen) atoms. The molecule has 0 aromatic heterocycles. The second kappa shape index (κ2) is 5.36. The molecule has 0 spiro atoms. The van der Waals surface area contributed by atoms with E-state index < -0.39 is 12.5 Å². The summed E-state index contributed by atoms with van der Waals surface area (Å²) in [5.41, 5.74) is -0.0629. The first kappa shape index (κ1) is 12.8. The highest BCUT2D eigenvalue weighted by Gasteiger charge is 2.32. The van der Waals surface area contributed by atoms with Gasteiger partial charge in [0.2, 0.25) is 0 Å². The Labute approximate surface area is 109 Å². The van der Waals surface area contributed by atoms with Crippen molar-refractivity contribution < 1.29 is 13.5 Å². The van der Waals surface area contributed by atoms with Crippen LogP contribution in [0.15, 0.2) is 54.6 Å². The summed E-state index contributed by atoms with van der Waals surface area (Å²) in [5.74, 6) is -2.69. The van der Waals surface area contributed by atoms with E-state index in [4.69, 9.17) is 16.3 Å². The van der Waals surface area contributed by atoms with Gasteiger partial charge in [-0.15, -0.1) is 0 Å². The normalized spacial score (nSPS) is 11.3. The molecule has 0 fully saturated rings. The fraction of sp³-hybridized carbons (Fsp3) is 0.143. The molecule has 4 heteroatoms. The van der Waals surface area contributed by atoms with Gasteiger partial charge in [-0.05, 0) is 18.2 Å². The molecule has 0 bridgehead atoms. The van der Waals surface area contributed by atoms with Crippen LogP contribution in [0, 0.1) is 0 Å².